The minimum Gasteiger partial charge on any atom is -0.457 e. The molecule has 0 radical (unpaired) electrons. The van der Waals surface area contributed by atoms with E-state index in [1.54, 1.807) is 0 Å². The molecule has 0 saturated carbocycles. The van der Waals surface area contributed by atoms with Crippen molar-refractivity contribution >= 4 is 27.4 Å². The minimum atomic E-state index is -0.198. The second-order valence-electron chi connectivity index (χ2n) is 10.3. The maximum Gasteiger partial charge on any atom is 0.132 e. The average molecular weight is 478 g/mol. The fraction of sp³-hybridized carbons (Fsp3) is 0.0857. The Balaban J connectivity index is 1.44. The molecule has 0 bridgehead atoms. The zero-order valence-electron chi connectivity index (χ0n) is 21.0. The molecule has 0 spiro atoms. The van der Waals surface area contributed by atoms with E-state index in [-0.39, 0.29) is 5.41 Å². The Bertz CT molecular complexity index is 1820. The van der Waals surface area contributed by atoms with Gasteiger partial charge in [0, 0.05) is 33.0 Å². The molecular weight excluding hydrogens is 450 g/mol. The number of para-hydroxylation sites is 2. The van der Waals surface area contributed by atoms with E-state index in [1.807, 2.05) is 12.1 Å². The lowest BCUT2D eigenvalue weighted by Gasteiger charge is -2.35. The molecule has 0 amide bonds. The Labute approximate surface area is 217 Å². The number of ether oxygens (including phenoxy) is 1. The van der Waals surface area contributed by atoms with Crippen molar-refractivity contribution in [3.05, 3.63) is 144 Å². The summed E-state index contributed by atoms with van der Waals surface area (Å²) in [6.45, 7) is 8.97. The van der Waals surface area contributed by atoms with Gasteiger partial charge in [0.15, 0.2) is 0 Å². The van der Waals surface area contributed by atoms with Crippen LogP contribution >= 0.6 is 0 Å². The van der Waals surface area contributed by atoms with Crippen LogP contribution in [0.15, 0.2) is 122 Å². The fourth-order valence-electron chi connectivity index (χ4n) is 5.97. The predicted octanol–water partition coefficient (Wildman–Crippen LogP) is 9.28. The fourth-order valence-corrected chi connectivity index (χ4v) is 5.97. The first-order valence-corrected chi connectivity index (χ1v) is 12.7. The van der Waals surface area contributed by atoms with Gasteiger partial charge in [-0.25, -0.2) is 0 Å². The van der Waals surface area contributed by atoms with Crippen LogP contribution in [-0.2, 0) is 5.41 Å². The van der Waals surface area contributed by atoms with Crippen LogP contribution < -0.4 is 4.74 Å². The molecule has 2 heterocycles. The predicted molar refractivity (Wildman–Crippen MR) is 154 cm³/mol. The van der Waals surface area contributed by atoms with E-state index < -0.39 is 0 Å². The normalized spacial score (nSPS) is 13.7. The smallest absolute Gasteiger partial charge is 0.132 e. The van der Waals surface area contributed by atoms with E-state index >= 15 is 0 Å². The molecule has 0 N–H and O–H groups in total. The van der Waals surface area contributed by atoms with Crippen LogP contribution in [0.5, 0.6) is 11.5 Å². The summed E-state index contributed by atoms with van der Waals surface area (Å²) < 4.78 is 8.82. The zero-order chi connectivity index (χ0) is 25.1. The molecule has 1 aromatic heterocycles. The Morgan fingerprint density at radius 3 is 2.14 bits per heavy atom. The van der Waals surface area contributed by atoms with Crippen LogP contribution in [-0.4, -0.2) is 4.57 Å². The quantitative estimate of drug-likeness (QED) is 0.248. The molecule has 178 valence electrons. The second-order valence-corrected chi connectivity index (χ2v) is 10.3. The summed E-state index contributed by atoms with van der Waals surface area (Å²) in [6, 6.07) is 40.5. The van der Waals surface area contributed by atoms with E-state index in [4.69, 9.17) is 4.74 Å². The highest BCUT2D eigenvalue weighted by molar-refractivity contribution is 6.12. The molecule has 0 atom stereocenters. The van der Waals surface area contributed by atoms with E-state index in [0.29, 0.717) is 0 Å². The van der Waals surface area contributed by atoms with Crippen molar-refractivity contribution in [1.29, 1.82) is 0 Å². The topological polar surface area (TPSA) is 14.2 Å². The average Bonchev–Trinajstić information content (AvgIpc) is 3.27. The van der Waals surface area contributed by atoms with Crippen LogP contribution in [0.25, 0.3) is 33.1 Å². The molecular formula is C35H27NO. The van der Waals surface area contributed by atoms with Gasteiger partial charge in [0.2, 0.25) is 0 Å². The van der Waals surface area contributed by atoms with Crippen molar-refractivity contribution in [1.82, 2.24) is 4.57 Å². The van der Waals surface area contributed by atoms with Crippen LogP contribution in [0.2, 0.25) is 0 Å². The Morgan fingerprint density at radius 1 is 0.649 bits per heavy atom. The highest BCUT2D eigenvalue weighted by Gasteiger charge is 2.37. The molecule has 2 nitrogen and oxygen atoms in total. The van der Waals surface area contributed by atoms with Crippen molar-refractivity contribution in [2.75, 3.05) is 0 Å². The summed E-state index contributed by atoms with van der Waals surface area (Å²) in [7, 11) is 0. The third-order valence-electron chi connectivity index (χ3n) is 7.80. The molecule has 1 aliphatic heterocycles. The minimum absolute atomic E-state index is 0.198. The summed E-state index contributed by atoms with van der Waals surface area (Å²) in [5.74, 6) is 1.88. The van der Waals surface area contributed by atoms with Crippen molar-refractivity contribution in [2.24, 2.45) is 0 Å². The first-order chi connectivity index (χ1) is 18.0. The Kier molecular flexibility index (Phi) is 4.68. The molecule has 6 aromatic rings. The molecule has 7 rings (SSSR count). The molecule has 37 heavy (non-hydrogen) atoms. The van der Waals surface area contributed by atoms with Crippen molar-refractivity contribution in [2.45, 2.75) is 19.3 Å². The summed E-state index contributed by atoms with van der Waals surface area (Å²) in [4.78, 5) is 0. The summed E-state index contributed by atoms with van der Waals surface area (Å²) in [5.41, 5.74) is 9.06. The van der Waals surface area contributed by atoms with Crippen LogP contribution in [0.1, 0.15) is 36.1 Å². The third kappa shape index (κ3) is 3.19. The maximum absolute atomic E-state index is 6.45. The number of nitrogens with zero attached hydrogens (tertiary/aromatic N) is 1. The van der Waals surface area contributed by atoms with E-state index in [2.05, 4.69) is 128 Å². The number of hydrogen-bond acceptors (Lipinski definition) is 1. The van der Waals surface area contributed by atoms with Crippen LogP contribution in [0.3, 0.4) is 0 Å². The number of benzene rings is 5. The van der Waals surface area contributed by atoms with Crippen molar-refractivity contribution < 1.29 is 4.74 Å². The molecule has 0 aliphatic carbocycles. The van der Waals surface area contributed by atoms with E-state index in [0.717, 1.165) is 33.9 Å². The van der Waals surface area contributed by atoms with Gasteiger partial charge in [-0.3, -0.25) is 0 Å². The van der Waals surface area contributed by atoms with Crippen molar-refractivity contribution in [3.63, 3.8) is 0 Å². The number of aromatic nitrogens is 1. The van der Waals surface area contributed by atoms with Gasteiger partial charge in [-0.05, 0) is 53.1 Å². The van der Waals surface area contributed by atoms with Gasteiger partial charge in [-0.1, -0.05) is 99.3 Å². The highest BCUT2D eigenvalue weighted by Crippen LogP contribution is 2.52. The van der Waals surface area contributed by atoms with Crippen LogP contribution in [0, 0.1) is 0 Å². The Morgan fingerprint density at radius 2 is 1.32 bits per heavy atom. The third-order valence-corrected chi connectivity index (χ3v) is 7.80. The lowest BCUT2D eigenvalue weighted by molar-refractivity contribution is 0.420. The zero-order valence-corrected chi connectivity index (χ0v) is 21.0. The molecule has 5 aromatic carbocycles. The van der Waals surface area contributed by atoms with E-state index in [9.17, 15) is 0 Å². The van der Waals surface area contributed by atoms with Gasteiger partial charge in [-0.2, -0.15) is 0 Å². The first kappa shape index (κ1) is 21.7. The largest absolute Gasteiger partial charge is 0.457 e. The summed E-state index contributed by atoms with van der Waals surface area (Å²) in [5, 5.41) is 2.49. The van der Waals surface area contributed by atoms with Gasteiger partial charge in [0.05, 0.1) is 11.0 Å². The van der Waals surface area contributed by atoms with Gasteiger partial charge in [0.1, 0.15) is 11.5 Å². The molecule has 0 saturated heterocycles. The number of hydrogen-bond donors (Lipinski definition) is 0. The highest BCUT2D eigenvalue weighted by atomic mass is 16.5. The van der Waals surface area contributed by atoms with Crippen molar-refractivity contribution in [3.8, 4) is 17.2 Å². The maximum atomic E-state index is 6.45. The molecule has 1 aliphatic rings. The number of fused-ring (bicyclic) bond motifs is 6. The van der Waals surface area contributed by atoms with Gasteiger partial charge < -0.3 is 9.30 Å². The van der Waals surface area contributed by atoms with Crippen LogP contribution in [0.4, 0.5) is 0 Å². The van der Waals surface area contributed by atoms with E-state index in [1.165, 1.54) is 32.9 Å². The monoisotopic (exact) mass is 477 g/mol. The van der Waals surface area contributed by atoms with Gasteiger partial charge in [0.25, 0.3) is 0 Å². The first-order valence-electron chi connectivity index (χ1n) is 12.7. The lowest BCUT2D eigenvalue weighted by Crippen LogP contribution is -2.24. The molecule has 2 heteroatoms. The van der Waals surface area contributed by atoms with Gasteiger partial charge >= 0.3 is 0 Å². The lowest BCUT2D eigenvalue weighted by atomic mass is 9.74. The molecule has 0 unspecified atom stereocenters. The Hall–Kier alpha value is -4.56. The number of rotatable bonds is 3. The molecule has 0 fully saturated rings. The standard InChI is InChI=1S/C35H27NO/c1-23(24-11-5-4-6-12-24)25-17-19-26(20-18-25)36-29-15-9-7-13-27(29)33-30(36)21-22-32-34(33)35(2,3)28-14-8-10-16-31(28)37-32/h4-22H,1H2,2-3H3. The summed E-state index contributed by atoms with van der Waals surface area (Å²) >= 11 is 0. The van der Waals surface area contributed by atoms with Gasteiger partial charge in [-0.15, -0.1) is 0 Å². The summed E-state index contributed by atoms with van der Waals surface area (Å²) in [6.07, 6.45) is 0. The SMILES string of the molecule is C=C(c1ccccc1)c1ccc(-n2c3ccccc3c3c4c(ccc32)Oc2ccccc2C4(C)C)cc1. The second kappa shape index (κ2) is 7.97.